The third kappa shape index (κ3) is 5.11. The molecule has 0 aromatic heterocycles. The Kier molecular flexibility index (Phi) is 4.43. The van der Waals surface area contributed by atoms with Gasteiger partial charge in [-0.05, 0) is 46.1 Å². The number of alkyl carbamates (subject to hydrolysis) is 1. The van der Waals surface area contributed by atoms with Crippen LogP contribution in [0.25, 0.3) is 0 Å². The summed E-state index contributed by atoms with van der Waals surface area (Å²) < 4.78 is 5.20. The SMILES string of the molecule is [B]C1=CCCC(C(C)NC(=O)OC(C)(C)C)=C1. The van der Waals surface area contributed by atoms with Crippen molar-refractivity contribution in [3.63, 3.8) is 0 Å². The zero-order valence-electron chi connectivity index (χ0n) is 11.0. The molecule has 0 aliphatic heterocycles. The summed E-state index contributed by atoms with van der Waals surface area (Å²) in [4.78, 5) is 11.6. The van der Waals surface area contributed by atoms with Crippen LogP contribution >= 0.6 is 0 Å². The van der Waals surface area contributed by atoms with Gasteiger partial charge in [-0.1, -0.05) is 12.2 Å². The predicted molar refractivity (Wildman–Crippen MR) is 70.0 cm³/mol. The van der Waals surface area contributed by atoms with E-state index in [0.29, 0.717) is 0 Å². The van der Waals surface area contributed by atoms with E-state index in [1.54, 1.807) is 0 Å². The molecular formula is C13H20BNO2. The lowest BCUT2D eigenvalue weighted by Gasteiger charge is -2.24. The van der Waals surface area contributed by atoms with E-state index in [-0.39, 0.29) is 12.1 Å². The molecule has 1 aliphatic rings. The first-order chi connectivity index (χ1) is 7.78. The van der Waals surface area contributed by atoms with Crippen LogP contribution in [0.15, 0.2) is 23.2 Å². The van der Waals surface area contributed by atoms with Crippen LogP contribution in [0.5, 0.6) is 0 Å². The highest BCUT2D eigenvalue weighted by molar-refractivity contribution is 6.23. The summed E-state index contributed by atoms with van der Waals surface area (Å²) in [6.07, 6.45) is 5.38. The highest BCUT2D eigenvalue weighted by Crippen LogP contribution is 2.19. The number of carbonyl (C=O) groups excluding carboxylic acids is 1. The van der Waals surface area contributed by atoms with Gasteiger partial charge in [-0.3, -0.25) is 0 Å². The van der Waals surface area contributed by atoms with E-state index in [1.165, 1.54) is 0 Å². The van der Waals surface area contributed by atoms with Crippen molar-refractivity contribution in [2.45, 2.75) is 52.2 Å². The summed E-state index contributed by atoms with van der Waals surface area (Å²) in [5.74, 6) is 0. The topological polar surface area (TPSA) is 38.3 Å². The second kappa shape index (κ2) is 5.43. The van der Waals surface area contributed by atoms with E-state index in [1.807, 2.05) is 39.8 Å². The Hall–Kier alpha value is -1.19. The van der Waals surface area contributed by atoms with Gasteiger partial charge in [0, 0.05) is 0 Å². The quantitative estimate of drug-likeness (QED) is 0.744. The van der Waals surface area contributed by atoms with Crippen molar-refractivity contribution in [2.75, 3.05) is 0 Å². The van der Waals surface area contributed by atoms with Crippen LogP contribution in [0.3, 0.4) is 0 Å². The third-order valence-electron chi connectivity index (χ3n) is 2.45. The van der Waals surface area contributed by atoms with Crippen molar-refractivity contribution >= 4 is 13.9 Å². The highest BCUT2D eigenvalue weighted by atomic mass is 16.6. The normalized spacial score (nSPS) is 17.9. The molecule has 1 unspecified atom stereocenters. The van der Waals surface area contributed by atoms with E-state index < -0.39 is 5.60 Å². The van der Waals surface area contributed by atoms with Crippen molar-refractivity contribution in [3.8, 4) is 0 Å². The number of rotatable bonds is 2. The van der Waals surface area contributed by atoms with Gasteiger partial charge in [0.15, 0.2) is 0 Å². The van der Waals surface area contributed by atoms with E-state index >= 15 is 0 Å². The van der Waals surface area contributed by atoms with Gasteiger partial charge >= 0.3 is 6.09 Å². The molecule has 0 spiro atoms. The first kappa shape index (κ1) is 13.9. The summed E-state index contributed by atoms with van der Waals surface area (Å²) >= 11 is 0. The fraction of sp³-hybridized carbons (Fsp3) is 0.615. The van der Waals surface area contributed by atoms with Crippen LogP contribution in [-0.4, -0.2) is 25.6 Å². The minimum atomic E-state index is -0.469. The van der Waals surface area contributed by atoms with Crippen LogP contribution in [0, 0.1) is 0 Å². The molecule has 0 heterocycles. The van der Waals surface area contributed by atoms with Crippen molar-refractivity contribution in [1.82, 2.24) is 5.32 Å². The molecule has 1 N–H and O–H groups in total. The van der Waals surface area contributed by atoms with Gasteiger partial charge in [0.2, 0.25) is 0 Å². The number of hydrogen-bond acceptors (Lipinski definition) is 2. The van der Waals surface area contributed by atoms with E-state index in [0.717, 1.165) is 23.9 Å². The number of carbonyl (C=O) groups is 1. The van der Waals surface area contributed by atoms with Crippen LogP contribution < -0.4 is 5.32 Å². The zero-order chi connectivity index (χ0) is 13.1. The highest BCUT2D eigenvalue weighted by Gasteiger charge is 2.19. The molecule has 1 amide bonds. The standard InChI is InChI=1S/C13H20BNO2/c1-9(10-6-5-7-11(14)8-10)15-12(16)17-13(2,3)4/h7-9H,5-6H2,1-4H3,(H,15,16). The Balaban J connectivity index is 2.52. The Labute approximate surface area is 105 Å². The number of amides is 1. The van der Waals surface area contributed by atoms with Crippen LogP contribution in [-0.2, 0) is 4.74 Å². The Morgan fingerprint density at radius 1 is 1.53 bits per heavy atom. The molecule has 0 saturated heterocycles. The number of allylic oxidation sites excluding steroid dienone is 3. The molecule has 0 saturated carbocycles. The molecule has 4 heteroatoms. The Bertz CT molecular complexity index is 353. The van der Waals surface area contributed by atoms with Crippen molar-refractivity contribution < 1.29 is 9.53 Å². The molecular weight excluding hydrogens is 213 g/mol. The summed E-state index contributed by atoms with van der Waals surface area (Å²) in [5, 5.41) is 2.81. The van der Waals surface area contributed by atoms with Crippen molar-refractivity contribution in [3.05, 3.63) is 23.2 Å². The lowest BCUT2D eigenvalue weighted by atomic mass is 9.85. The van der Waals surface area contributed by atoms with E-state index in [9.17, 15) is 4.79 Å². The maximum absolute atomic E-state index is 11.6. The maximum Gasteiger partial charge on any atom is 0.408 e. The Morgan fingerprint density at radius 2 is 2.18 bits per heavy atom. The van der Waals surface area contributed by atoms with Gasteiger partial charge in [0.25, 0.3) is 0 Å². The second-order valence-electron chi connectivity index (χ2n) is 5.33. The average Bonchev–Trinajstić information content (AvgIpc) is 2.14. The zero-order valence-corrected chi connectivity index (χ0v) is 11.0. The van der Waals surface area contributed by atoms with Crippen molar-refractivity contribution in [1.29, 1.82) is 0 Å². The fourth-order valence-corrected chi connectivity index (χ4v) is 1.67. The lowest BCUT2D eigenvalue weighted by molar-refractivity contribution is 0.0515. The monoisotopic (exact) mass is 233 g/mol. The van der Waals surface area contributed by atoms with Crippen LogP contribution in [0.4, 0.5) is 4.79 Å². The molecule has 1 atom stereocenters. The summed E-state index contributed by atoms with van der Waals surface area (Å²) in [5.41, 5.74) is 1.43. The minimum Gasteiger partial charge on any atom is -0.444 e. The molecule has 0 bridgehead atoms. The molecule has 3 nitrogen and oxygen atoms in total. The van der Waals surface area contributed by atoms with Crippen LogP contribution in [0.1, 0.15) is 40.5 Å². The summed E-state index contributed by atoms with van der Waals surface area (Å²) in [6.45, 7) is 7.47. The molecule has 0 fully saturated rings. The average molecular weight is 233 g/mol. The van der Waals surface area contributed by atoms with Gasteiger partial charge < -0.3 is 10.1 Å². The Morgan fingerprint density at radius 3 is 2.71 bits per heavy atom. The first-order valence-electron chi connectivity index (χ1n) is 5.93. The number of ether oxygens (including phenoxy) is 1. The molecule has 2 radical (unpaired) electrons. The second-order valence-corrected chi connectivity index (χ2v) is 5.33. The van der Waals surface area contributed by atoms with Gasteiger partial charge in [0.1, 0.15) is 13.4 Å². The van der Waals surface area contributed by atoms with Gasteiger partial charge in [-0.2, -0.15) is 0 Å². The smallest absolute Gasteiger partial charge is 0.408 e. The first-order valence-corrected chi connectivity index (χ1v) is 5.93. The largest absolute Gasteiger partial charge is 0.444 e. The molecule has 92 valence electrons. The number of nitrogens with one attached hydrogen (secondary N) is 1. The molecule has 0 aromatic carbocycles. The predicted octanol–water partition coefficient (Wildman–Crippen LogP) is 2.67. The molecule has 0 aromatic rings. The van der Waals surface area contributed by atoms with Gasteiger partial charge in [-0.25, -0.2) is 4.79 Å². The fourth-order valence-electron chi connectivity index (χ4n) is 1.67. The maximum atomic E-state index is 11.6. The van der Waals surface area contributed by atoms with Crippen molar-refractivity contribution in [2.24, 2.45) is 0 Å². The van der Waals surface area contributed by atoms with E-state index in [4.69, 9.17) is 12.6 Å². The van der Waals surface area contributed by atoms with Gasteiger partial charge in [0.05, 0.1) is 6.04 Å². The minimum absolute atomic E-state index is 0.0444. The third-order valence-corrected chi connectivity index (χ3v) is 2.45. The lowest BCUT2D eigenvalue weighted by Crippen LogP contribution is -2.38. The summed E-state index contributed by atoms with van der Waals surface area (Å²) in [7, 11) is 5.74. The molecule has 1 rings (SSSR count). The van der Waals surface area contributed by atoms with Gasteiger partial charge in [-0.15, -0.1) is 5.47 Å². The molecule has 17 heavy (non-hydrogen) atoms. The molecule has 1 aliphatic carbocycles. The van der Waals surface area contributed by atoms with E-state index in [2.05, 4.69) is 5.32 Å². The summed E-state index contributed by atoms with van der Waals surface area (Å²) in [6, 6.07) is -0.0444. The van der Waals surface area contributed by atoms with Crippen LogP contribution in [0.2, 0.25) is 0 Å². The number of hydrogen-bond donors (Lipinski definition) is 1.